The number of hydrogen-bond donors (Lipinski definition) is 2. The maximum Gasteiger partial charge on any atom is 0.231 e. The first kappa shape index (κ1) is 17.0. The molecular formula is C20H25N3O4. The molecule has 7 nitrogen and oxygen atoms in total. The van der Waals surface area contributed by atoms with E-state index in [-0.39, 0.29) is 6.04 Å². The fraction of sp³-hybridized carbons (Fsp3) is 0.550. The largest absolute Gasteiger partial charge is 0.454 e. The third kappa shape index (κ3) is 3.42. The second kappa shape index (κ2) is 6.82. The molecule has 144 valence electrons. The highest BCUT2D eigenvalue weighted by Crippen LogP contribution is 2.40. The average molecular weight is 371 g/mol. The average Bonchev–Trinajstić information content (AvgIpc) is 3.07. The first-order valence-electron chi connectivity index (χ1n) is 9.68. The highest BCUT2D eigenvalue weighted by atomic mass is 16.7. The van der Waals surface area contributed by atoms with Crippen LogP contribution < -0.4 is 14.8 Å². The van der Waals surface area contributed by atoms with Gasteiger partial charge in [-0.3, -0.25) is 10.2 Å². The Morgan fingerprint density at radius 2 is 2.19 bits per heavy atom. The van der Waals surface area contributed by atoms with E-state index in [1.807, 2.05) is 18.2 Å². The van der Waals surface area contributed by atoms with Crippen LogP contribution in [0.2, 0.25) is 0 Å². The van der Waals surface area contributed by atoms with Crippen molar-refractivity contribution in [3.05, 3.63) is 41.3 Å². The molecule has 0 amide bonds. The number of hydrogen-bond acceptors (Lipinski definition) is 7. The van der Waals surface area contributed by atoms with E-state index in [4.69, 9.17) is 14.0 Å². The van der Waals surface area contributed by atoms with Crippen LogP contribution in [0.25, 0.3) is 0 Å². The topological polar surface area (TPSA) is 80.0 Å². The summed E-state index contributed by atoms with van der Waals surface area (Å²) in [5.74, 6) is 3.49. The summed E-state index contributed by atoms with van der Waals surface area (Å²) < 4.78 is 16.4. The van der Waals surface area contributed by atoms with Crippen molar-refractivity contribution in [2.75, 3.05) is 19.9 Å². The lowest BCUT2D eigenvalue weighted by molar-refractivity contribution is 0.109. The Labute approximate surface area is 158 Å². The van der Waals surface area contributed by atoms with Crippen LogP contribution in [0.15, 0.2) is 28.8 Å². The summed E-state index contributed by atoms with van der Waals surface area (Å²) in [6, 6.07) is 8.10. The van der Waals surface area contributed by atoms with Gasteiger partial charge in [0.25, 0.3) is 0 Å². The summed E-state index contributed by atoms with van der Waals surface area (Å²) in [5, 5.41) is 17.9. The zero-order valence-corrected chi connectivity index (χ0v) is 15.4. The Morgan fingerprint density at radius 3 is 3.04 bits per heavy atom. The Balaban J connectivity index is 1.21. The van der Waals surface area contributed by atoms with E-state index in [0.717, 1.165) is 55.3 Å². The molecule has 0 spiro atoms. The molecule has 3 atom stereocenters. The van der Waals surface area contributed by atoms with E-state index in [1.54, 1.807) is 0 Å². The van der Waals surface area contributed by atoms with Gasteiger partial charge in [0, 0.05) is 43.2 Å². The molecule has 1 saturated carbocycles. The normalized spacial score (nSPS) is 25.9. The summed E-state index contributed by atoms with van der Waals surface area (Å²) in [7, 11) is 0. The lowest BCUT2D eigenvalue weighted by Gasteiger charge is -2.20. The summed E-state index contributed by atoms with van der Waals surface area (Å²) in [6.45, 7) is 5.12. The number of aromatic nitrogens is 1. The number of likely N-dealkylation sites (tertiary alicyclic amines) is 1. The monoisotopic (exact) mass is 371 g/mol. The molecular weight excluding hydrogens is 346 g/mol. The van der Waals surface area contributed by atoms with Gasteiger partial charge in [0.2, 0.25) is 6.79 Å². The number of rotatable bonds is 6. The minimum absolute atomic E-state index is 0.190. The predicted octanol–water partition coefficient (Wildman–Crippen LogP) is 2.38. The van der Waals surface area contributed by atoms with Crippen LogP contribution in [0, 0.1) is 5.92 Å². The van der Waals surface area contributed by atoms with Gasteiger partial charge in [-0.05, 0) is 24.8 Å². The van der Waals surface area contributed by atoms with Crippen molar-refractivity contribution in [1.29, 1.82) is 0 Å². The molecule has 1 aromatic heterocycles. The van der Waals surface area contributed by atoms with Gasteiger partial charge >= 0.3 is 0 Å². The first-order chi connectivity index (χ1) is 13.2. The van der Waals surface area contributed by atoms with Gasteiger partial charge in [0.1, 0.15) is 11.5 Å². The Morgan fingerprint density at radius 1 is 1.30 bits per heavy atom. The van der Waals surface area contributed by atoms with Crippen LogP contribution in [0.4, 0.5) is 0 Å². The van der Waals surface area contributed by atoms with Crippen molar-refractivity contribution in [2.45, 2.75) is 44.5 Å². The molecule has 5 rings (SSSR count). The minimum atomic E-state index is -0.800. The second-order valence-electron chi connectivity index (χ2n) is 7.93. The number of aliphatic hydroxyl groups is 1. The third-order valence-corrected chi connectivity index (χ3v) is 5.74. The number of fused-ring (bicyclic) bond motifs is 1. The van der Waals surface area contributed by atoms with Crippen LogP contribution in [0.5, 0.6) is 11.5 Å². The van der Waals surface area contributed by atoms with Gasteiger partial charge in [-0.15, -0.1) is 0 Å². The van der Waals surface area contributed by atoms with Gasteiger partial charge in [0.05, 0.1) is 0 Å². The van der Waals surface area contributed by atoms with Crippen molar-refractivity contribution in [1.82, 2.24) is 15.4 Å². The molecule has 3 aliphatic rings. The van der Waals surface area contributed by atoms with Gasteiger partial charge in [-0.2, -0.15) is 0 Å². The second-order valence-corrected chi connectivity index (χ2v) is 7.93. The summed E-state index contributed by atoms with van der Waals surface area (Å²) >= 11 is 0. The third-order valence-electron chi connectivity index (χ3n) is 5.74. The van der Waals surface area contributed by atoms with Crippen LogP contribution in [0.1, 0.15) is 48.9 Å². The lowest BCUT2D eigenvalue weighted by atomic mass is 10.1. The molecule has 2 aromatic rings. The van der Waals surface area contributed by atoms with Gasteiger partial charge in [-0.25, -0.2) is 0 Å². The predicted molar refractivity (Wildman–Crippen MR) is 97.4 cm³/mol. The number of para-hydroxylation sites is 1. The number of benzene rings is 1. The molecule has 1 aliphatic carbocycles. The summed E-state index contributed by atoms with van der Waals surface area (Å²) in [5.41, 5.74) is 1.72. The smallest absolute Gasteiger partial charge is 0.231 e. The number of nitrogens with zero attached hydrogens (tertiary/aromatic N) is 2. The lowest BCUT2D eigenvalue weighted by Crippen LogP contribution is -2.38. The molecule has 2 aliphatic heterocycles. The van der Waals surface area contributed by atoms with Crippen molar-refractivity contribution >= 4 is 0 Å². The molecule has 7 heteroatoms. The molecule has 0 radical (unpaired) electrons. The van der Waals surface area contributed by atoms with Gasteiger partial charge in [0.15, 0.2) is 17.7 Å². The van der Waals surface area contributed by atoms with E-state index in [9.17, 15) is 5.11 Å². The van der Waals surface area contributed by atoms with E-state index < -0.39 is 6.23 Å². The Kier molecular flexibility index (Phi) is 4.30. The summed E-state index contributed by atoms with van der Waals surface area (Å²) in [6.07, 6.45) is 1.52. The van der Waals surface area contributed by atoms with Crippen LogP contribution >= 0.6 is 0 Å². The Bertz CT molecular complexity index is 819. The van der Waals surface area contributed by atoms with Crippen molar-refractivity contribution in [3.8, 4) is 11.5 Å². The highest BCUT2D eigenvalue weighted by molar-refractivity contribution is 5.48. The molecule has 0 bridgehead atoms. The Hall–Kier alpha value is -2.09. The van der Waals surface area contributed by atoms with Crippen molar-refractivity contribution < 1.29 is 19.1 Å². The summed E-state index contributed by atoms with van der Waals surface area (Å²) in [4.78, 5) is 2.38. The van der Waals surface area contributed by atoms with Crippen LogP contribution in [-0.2, 0) is 6.54 Å². The zero-order valence-electron chi connectivity index (χ0n) is 15.4. The zero-order chi connectivity index (χ0) is 18.4. The van der Waals surface area contributed by atoms with E-state index >= 15 is 0 Å². The fourth-order valence-corrected chi connectivity index (χ4v) is 4.05. The van der Waals surface area contributed by atoms with Crippen LogP contribution in [-0.4, -0.2) is 41.1 Å². The van der Waals surface area contributed by atoms with Crippen molar-refractivity contribution in [3.63, 3.8) is 0 Å². The molecule has 27 heavy (non-hydrogen) atoms. The molecule has 2 N–H and O–H groups in total. The maximum absolute atomic E-state index is 10.5. The van der Waals surface area contributed by atoms with Crippen LogP contribution in [0.3, 0.4) is 0 Å². The molecule has 1 saturated heterocycles. The minimum Gasteiger partial charge on any atom is -0.454 e. The molecule has 3 heterocycles. The van der Waals surface area contributed by atoms with Gasteiger partial charge < -0.3 is 19.1 Å². The standard InChI is InChI=1S/C20H25N3O4/c1-12-8-23(9-14-3-2-4-17-19(14)26-11-25-17)10-16(12)21-20(24)15-7-18(27-22-15)13-5-6-13/h2-4,7,12-13,16,20-21,24H,5-6,8-11H2,1H3/t12-,16+,20?/m0/s1. The number of nitrogens with one attached hydrogen (secondary N) is 1. The molecule has 1 aromatic carbocycles. The first-order valence-corrected chi connectivity index (χ1v) is 9.68. The van der Waals surface area contributed by atoms with Crippen molar-refractivity contribution in [2.24, 2.45) is 5.92 Å². The SMILES string of the molecule is C[C@H]1CN(Cc2cccc3c2OCO3)C[C@H]1NC(O)c1cc(C2CC2)on1. The highest BCUT2D eigenvalue weighted by Gasteiger charge is 2.33. The van der Waals surface area contributed by atoms with E-state index in [1.165, 1.54) is 0 Å². The number of aliphatic hydroxyl groups excluding tert-OH is 1. The fourth-order valence-electron chi connectivity index (χ4n) is 4.05. The van der Waals surface area contributed by atoms with E-state index in [2.05, 4.69) is 28.4 Å². The molecule has 1 unspecified atom stereocenters. The quantitative estimate of drug-likeness (QED) is 0.755. The molecule has 2 fully saturated rings. The maximum atomic E-state index is 10.5. The number of ether oxygens (including phenoxy) is 2. The van der Waals surface area contributed by atoms with Gasteiger partial charge in [-0.1, -0.05) is 24.2 Å². The van der Waals surface area contributed by atoms with E-state index in [0.29, 0.717) is 24.3 Å².